The third-order valence-electron chi connectivity index (χ3n) is 4.28. The van der Waals surface area contributed by atoms with Crippen molar-refractivity contribution in [2.24, 2.45) is 0 Å². The van der Waals surface area contributed by atoms with E-state index in [0.717, 1.165) is 13.0 Å². The van der Waals surface area contributed by atoms with Crippen molar-refractivity contribution in [2.75, 3.05) is 19.6 Å². The van der Waals surface area contributed by atoms with Gasteiger partial charge in [-0.25, -0.2) is 4.98 Å². The summed E-state index contributed by atoms with van der Waals surface area (Å²) in [4.78, 5) is 40.2. The first-order chi connectivity index (χ1) is 12.6. The van der Waals surface area contributed by atoms with E-state index in [1.807, 2.05) is 0 Å². The molecule has 136 valence electrons. The number of likely N-dealkylation sites (tertiary alicyclic amines) is 1. The lowest BCUT2D eigenvalue weighted by molar-refractivity contribution is -0.384. The van der Waals surface area contributed by atoms with Gasteiger partial charge in [0.15, 0.2) is 0 Å². The second-order valence-corrected chi connectivity index (χ2v) is 6.02. The smallest absolute Gasteiger partial charge is 0.294 e. The van der Waals surface area contributed by atoms with Gasteiger partial charge in [-0.05, 0) is 25.0 Å². The van der Waals surface area contributed by atoms with Gasteiger partial charge < -0.3 is 14.8 Å². The van der Waals surface area contributed by atoms with Gasteiger partial charge in [-0.15, -0.1) is 0 Å². The van der Waals surface area contributed by atoms with E-state index in [1.54, 1.807) is 17.2 Å². The molecular formula is C17H19N5O4. The Labute approximate surface area is 149 Å². The molecule has 1 aliphatic rings. The average molecular weight is 357 g/mol. The van der Waals surface area contributed by atoms with Crippen LogP contribution in [0.5, 0.6) is 0 Å². The number of amides is 2. The molecule has 0 bridgehead atoms. The van der Waals surface area contributed by atoms with E-state index in [9.17, 15) is 19.7 Å². The van der Waals surface area contributed by atoms with Crippen molar-refractivity contribution >= 4 is 17.5 Å². The van der Waals surface area contributed by atoms with Crippen molar-refractivity contribution in [2.45, 2.75) is 19.3 Å². The number of benzene rings is 1. The van der Waals surface area contributed by atoms with E-state index in [2.05, 4.69) is 10.3 Å². The Morgan fingerprint density at radius 2 is 2.23 bits per heavy atom. The fourth-order valence-corrected chi connectivity index (χ4v) is 2.95. The standard InChI is InChI=1S/C17H19N5O4/c23-16-3-1-8-20(16)9-2-6-19-17(24)13-4-5-14(15(11-13)22(25)26)21-10-7-18-12-21/h4-5,7,10-12H,1-3,6,8-9H2,(H,19,24). The average Bonchev–Trinajstić information content (AvgIpc) is 3.30. The number of aromatic nitrogens is 2. The Bertz CT molecular complexity index is 819. The maximum atomic E-state index is 12.2. The van der Waals surface area contributed by atoms with E-state index in [1.165, 1.54) is 29.2 Å². The van der Waals surface area contributed by atoms with Crippen LogP contribution in [-0.2, 0) is 4.79 Å². The highest BCUT2D eigenvalue weighted by Gasteiger charge is 2.20. The Morgan fingerprint density at radius 1 is 1.38 bits per heavy atom. The van der Waals surface area contributed by atoms with Crippen molar-refractivity contribution in [3.63, 3.8) is 0 Å². The molecule has 1 aromatic carbocycles. The first-order valence-electron chi connectivity index (χ1n) is 8.39. The summed E-state index contributed by atoms with van der Waals surface area (Å²) in [7, 11) is 0. The molecule has 1 N–H and O–H groups in total. The Morgan fingerprint density at radius 3 is 2.88 bits per heavy atom. The Hall–Kier alpha value is -3.23. The number of hydrogen-bond acceptors (Lipinski definition) is 5. The fraction of sp³-hybridized carbons (Fsp3) is 0.353. The molecule has 0 saturated carbocycles. The summed E-state index contributed by atoms with van der Waals surface area (Å²) >= 11 is 0. The predicted octanol–water partition coefficient (Wildman–Crippen LogP) is 1.52. The quantitative estimate of drug-likeness (QED) is 0.459. The number of imidazole rings is 1. The maximum Gasteiger partial charge on any atom is 0.294 e. The van der Waals surface area contributed by atoms with Gasteiger partial charge >= 0.3 is 0 Å². The molecule has 2 amide bonds. The molecular weight excluding hydrogens is 338 g/mol. The molecule has 2 aromatic rings. The highest BCUT2D eigenvalue weighted by Crippen LogP contribution is 2.24. The van der Waals surface area contributed by atoms with Gasteiger partial charge in [-0.2, -0.15) is 0 Å². The first kappa shape index (κ1) is 17.6. The van der Waals surface area contributed by atoms with Crippen molar-refractivity contribution in [1.82, 2.24) is 19.8 Å². The van der Waals surface area contributed by atoms with E-state index >= 15 is 0 Å². The summed E-state index contributed by atoms with van der Waals surface area (Å²) in [5, 5.41) is 14.1. The van der Waals surface area contributed by atoms with Crippen LogP contribution in [0.25, 0.3) is 5.69 Å². The Balaban J connectivity index is 1.61. The number of nitro benzene ring substituents is 1. The summed E-state index contributed by atoms with van der Waals surface area (Å²) < 4.78 is 1.52. The zero-order valence-corrected chi connectivity index (χ0v) is 14.1. The number of nitrogens with zero attached hydrogens (tertiary/aromatic N) is 4. The minimum absolute atomic E-state index is 0.155. The molecule has 0 unspecified atom stereocenters. The summed E-state index contributed by atoms with van der Waals surface area (Å²) in [6, 6.07) is 4.33. The highest BCUT2D eigenvalue weighted by molar-refractivity contribution is 5.95. The van der Waals surface area contributed by atoms with Crippen molar-refractivity contribution in [3.05, 3.63) is 52.6 Å². The zero-order valence-electron chi connectivity index (χ0n) is 14.1. The number of carbonyl (C=O) groups excluding carboxylic acids is 2. The van der Waals surface area contributed by atoms with Crippen LogP contribution in [0.4, 0.5) is 5.69 Å². The van der Waals surface area contributed by atoms with E-state index in [4.69, 9.17) is 0 Å². The van der Waals surface area contributed by atoms with Crippen LogP contribution in [0.2, 0.25) is 0 Å². The van der Waals surface area contributed by atoms with E-state index in [-0.39, 0.29) is 23.1 Å². The van der Waals surface area contributed by atoms with Crippen LogP contribution >= 0.6 is 0 Å². The third-order valence-corrected chi connectivity index (χ3v) is 4.28. The van der Waals surface area contributed by atoms with E-state index < -0.39 is 4.92 Å². The monoisotopic (exact) mass is 357 g/mol. The molecule has 1 fully saturated rings. The van der Waals surface area contributed by atoms with Crippen LogP contribution in [0, 0.1) is 10.1 Å². The van der Waals surface area contributed by atoms with Gasteiger partial charge in [-0.3, -0.25) is 19.7 Å². The molecule has 1 aliphatic heterocycles. The van der Waals surface area contributed by atoms with Gasteiger partial charge in [0.05, 0.1) is 11.3 Å². The SMILES string of the molecule is O=C(NCCCN1CCCC1=O)c1ccc(-n2ccnc2)c([N+](=O)[O-])c1. The van der Waals surface area contributed by atoms with Crippen molar-refractivity contribution in [1.29, 1.82) is 0 Å². The largest absolute Gasteiger partial charge is 0.352 e. The van der Waals surface area contributed by atoms with Crippen LogP contribution < -0.4 is 5.32 Å². The topological polar surface area (TPSA) is 110 Å². The molecule has 3 rings (SSSR count). The number of nitro groups is 1. The minimum atomic E-state index is -0.523. The van der Waals surface area contributed by atoms with Gasteiger partial charge in [0.1, 0.15) is 5.69 Å². The fourth-order valence-electron chi connectivity index (χ4n) is 2.95. The maximum absolute atomic E-state index is 12.2. The molecule has 0 spiro atoms. The molecule has 9 nitrogen and oxygen atoms in total. The van der Waals surface area contributed by atoms with Crippen LogP contribution in [0.15, 0.2) is 36.9 Å². The van der Waals surface area contributed by atoms with Crippen molar-refractivity contribution < 1.29 is 14.5 Å². The van der Waals surface area contributed by atoms with Crippen LogP contribution in [-0.4, -0.2) is 50.8 Å². The lowest BCUT2D eigenvalue weighted by Gasteiger charge is -2.15. The Kier molecular flexibility index (Phi) is 5.26. The molecule has 0 aliphatic carbocycles. The molecule has 1 aromatic heterocycles. The lowest BCUT2D eigenvalue weighted by Crippen LogP contribution is -2.30. The summed E-state index contributed by atoms with van der Waals surface area (Å²) in [6.45, 7) is 1.78. The number of nitrogens with one attached hydrogen (secondary N) is 1. The van der Waals surface area contributed by atoms with Gasteiger partial charge in [0.2, 0.25) is 5.91 Å². The van der Waals surface area contributed by atoms with Gasteiger partial charge in [0.25, 0.3) is 11.6 Å². The normalized spacial score (nSPS) is 13.8. The first-order valence-corrected chi connectivity index (χ1v) is 8.39. The number of carbonyl (C=O) groups is 2. The van der Waals surface area contributed by atoms with Crippen molar-refractivity contribution in [3.8, 4) is 5.69 Å². The molecule has 2 heterocycles. The number of rotatable bonds is 7. The van der Waals surface area contributed by atoms with Crippen LogP contribution in [0.1, 0.15) is 29.6 Å². The molecule has 0 atom stereocenters. The molecule has 26 heavy (non-hydrogen) atoms. The second-order valence-electron chi connectivity index (χ2n) is 6.02. The highest BCUT2D eigenvalue weighted by atomic mass is 16.6. The van der Waals surface area contributed by atoms with Gasteiger partial charge in [0, 0.05) is 50.1 Å². The summed E-state index contributed by atoms with van der Waals surface area (Å²) in [6.07, 6.45) is 6.71. The second kappa shape index (κ2) is 7.77. The third kappa shape index (κ3) is 3.88. The summed E-state index contributed by atoms with van der Waals surface area (Å²) in [5.74, 6) is -0.222. The number of hydrogen-bond donors (Lipinski definition) is 1. The minimum Gasteiger partial charge on any atom is -0.352 e. The summed E-state index contributed by atoms with van der Waals surface area (Å²) in [5.41, 5.74) is 0.396. The lowest BCUT2D eigenvalue weighted by atomic mass is 10.1. The molecule has 0 radical (unpaired) electrons. The zero-order chi connectivity index (χ0) is 18.5. The molecule has 1 saturated heterocycles. The molecule has 9 heteroatoms. The van der Waals surface area contributed by atoms with Crippen LogP contribution in [0.3, 0.4) is 0 Å². The predicted molar refractivity (Wildman–Crippen MR) is 93.0 cm³/mol. The van der Waals surface area contributed by atoms with E-state index in [0.29, 0.717) is 31.6 Å². The van der Waals surface area contributed by atoms with Gasteiger partial charge in [-0.1, -0.05) is 0 Å².